The highest BCUT2D eigenvalue weighted by Crippen LogP contribution is 2.27. The zero-order valence-corrected chi connectivity index (χ0v) is 17.3. The first-order chi connectivity index (χ1) is 14.0. The predicted molar refractivity (Wildman–Crippen MR) is 111 cm³/mol. The third kappa shape index (κ3) is 4.23. The molecule has 1 N–H and O–H groups in total. The number of nitrogens with one attached hydrogen (secondary N) is 1. The minimum atomic E-state index is -0.0209. The van der Waals surface area contributed by atoms with Crippen LogP contribution in [0, 0.1) is 20.8 Å². The zero-order chi connectivity index (χ0) is 20.4. The van der Waals surface area contributed by atoms with Gasteiger partial charge in [-0.25, -0.2) is 0 Å². The molecular formula is C23H28N2O4. The highest BCUT2D eigenvalue weighted by atomic mass is 16.5. The number of aryl methyl sites for hydroxylation is 3. The number of carbonyl (C=O) groups excluding carboxylic acids is 1. The minimum Gasteiger partial charge on any atom is -0.465 e. The normalized spacial score (nSPS) is 16.2. The molecule has 0 bridgehead atoms. The maximum atomic E-state index is 12.7. The summed E-state index contributed by atoms with van der Waals surface area (Å²) in [7, 11) is 0. The van der Waals surface area contributed by atoms with E-state index in [1.807, 2.05) is 32.0 Å². The number of hydrogen-bond acceptors (Lipinski definition) is 5. The van der Waals surface area contributed by atoms with Crippen LogP contribution in [0.5, 0.6) is 0 Å². The average Bonchev–Trinajstić information content (AvgIpc) is 3.33. The Bertz CT molecular complexity index is 998. The second-order valence-electron chi connectivity index (χ2n) is 7.74. The molecule has 0 saturated carbocycles. The van der Waals surface area contributed by atoms with E-state index >= 15 is 0 Å². The second kappa shape index (κ2) is 8.43. The largest absolute Gasteiger partial charge is 0.465 e. The number of rotatable bonds is 6. The van der Waals surface area contributed by atoms with E-state index in [2.05, 4.69) is 23.2 Å². The van der Waals surface area contributed by atoms with Crippen molar-refractivity contribution in [2.24, 2.45) is 0 Å². The number of amides is 1. The molecule has 1 saturated heterocycles. The number of nitrogens with zero attached hydrogens (tertiary/aromatic N) is 1. The topological polar surface area (TPSA) is 67.9 Å². The second-order valence-corrected chi connectivity index (χ2v) is 7.74. The smallest absolute Gasteiger partial charge is 0.224 e. The van der Waals surface area contributed by atoms with Gasteiger partial charge >= 0.3 is 0 Å². The zero-order valence-electron chi connectivity index (χ0n) is 17.3. The van der Waals surface area contributed by atoms with Gasteiger partial charge in [0.1, 0.15) is 17.1 Å². The maximum absolute atomic E-state index is 12.7. The third-order valence-electron chi connectivity index (χ3n) is 5.76. The van der Waals surface area contributed by atoms with Gasteiger partial charge in [0.2, 0.25) is 5.91 Å². The molecular weight excluding hydrogens is 368 g/mol. The Balaban J connectivity index is 1.45. The highest BCUT2D eigenvalue weighted by molar-refractivity contribution is 5.89. The summed E-state index contributed by atoms with van der Waals surface area (Å²) in [5.41, 5.74) is 4.09. The molecule has 1 aromatic carbocycles. The molecule has 2 aromatic heterocycles. The lowest BCUT2D eigenvalue weighted by Gasteiger charge is -2.33. The van der Waals surface area contributed by atoms with Crippen LogP contribution in [0.4, 0.5) is 0 Å². The van der Waals surface area contributed by atoms with Crippen molar-refractivity contribution in [3.63, 3.8) is 0 Å². The first kappa shape index (κ1) is 19.7. The SMILES string of the molecule is Cc1ccc([C@@H](CNC(=O)Cc2coc3c(C)c(C)ccc23)N2CCOCC2)o1. The summed E-state index contributed by atoms with van der Waals surface area (Å²) in [6, 6.07) is 8.07. The summed E-state index contributed by atoms with van der Waals surface area (Å²) in [6.45, 7) is 9.59. The standard InChI is InChI=1S/C23H28N2O4/c1-15-4-6-19-18(14-28-23(19)17(15)3)12-22(26)24-13-20(21-7-5-16(2)29-21)25-8-10-27-11-9-25/h4-7,14,20H,8-13H2,1-3H3,(H,24,26)/t20-/m1/s1. The van der Waals surface area contributed by atoms with E-state index in [0.717, 1.165) is 46.7 Å². The van der Waals surface area contributed by atoms with E-state index in [4.69, 9.17) is 13.6 Å². The number of fused-ring (bicyclic) bond motifs is 1. The lowest BCUT2D eigenvalue weighted by atomic mass is 10.0. The molecule has 1 amide bonds. The lowest BCUT2D eigenvalue weighted by molar-refractivity contribution is -0.120. The summed E-state index contributed by atoms with van der Waals surface area (Å²) < 4.78 is 17.1. The highest BCUT2D eigenvalue weighted by Gasteiger charge is 2.26. The van der Waals surface area contributed by atoms with Gasteiger partial charge in [0.25, 0.3) is 0 Å². The molecule has 0 unspecified atom stereocenters. The van der Waals surface area contributed by atoms with Crippen molar-refractivity contribution in [1.29, 1.82) is 0 Å². The molecule has 1 aliphatic heterocycles. The molecule has 6 heteroatoms. The molecule has 0 aliphatic carbocycles. The number of benzene rings is 1. The Morgan fingerprint density at radius 1 is 1.14 bits per heavy atom. The fourth-order valence-electron chi connectivity index (χ4n) is 3.90. The van der Waals surface area contributed by atoms with Gasteiger partial charge < -0.3 is 18.9 Å². The van der Waals surface area contributed by atoms with Gasteiger partial charge in [-0.05, 0) is 44.0 Å². The Morgan fingerprint density at radius 3 is 2.66 bits per heavy atom. The summed E-state index contributed by atoms with van der Waals surface area (Å²) >= 11 is 0. The monoisotopic (exact) mass is 396 g/mol. The van der Waals surface area contributed by atoms with Crippen LogP contribution in [0.2, 0.25) is 0 Å². The predicted octanol–water partition coefficient (Wildman–Crippen LogP) is 3.68. The van der Waals surface area contributed by atoms with Crippen LogP contribution in [0.15, 0.2) is 39.4 Å². The number of morpholine rings is 1. The molecule has 3 heterocycles. The summed E-state index contributed by atoms with van der Waals surface area (Å²) in [6.07, 6.45) is 1.99. The summed E-state index contributed by atoms with van der Waals surface area (Å²) in [5.74, 6) is 1.73. The fraction of sp³-hybridized carbons (Fsp3) is 0.435. The van der Waals surface area contributed by atoms with Crippen molar-refractivity contribution in [1.82, 2.24) is 10.2 Å². The van der Waals surface area contributed by atoms with E-state index in [1.54, 1.807) is 6.26 Å². The van der Waals surface area contributed by atoms with Crippen molar-refractivity contribution in [3.05, 3.63) is 58.7 Å². The average molecular weight is 396 g/mol. The van der Waals surface area contributed by atoms with Crippen LogP contribution in [-0.2, 0) is 16.0 Å². The van der Waals surface area contributed by atoms with Gasteiger partial charge in [0, 0.05) is 30.6 Å². The molecule has 6 nitrogen and oxygen atoms in total. The van der Waals surface area contributed by atoms with Crippen molar-refractivity contribution < 1.29 is 18.4 Å². The van der Waals surface area contributed by atoms with E-state index < -0.39 is 0 Å². The number of hydrogen-bond donors (Lipinski definition) is 1. The van der Waals surface area contributed by atoms with Gasteiger partial charge in [-0.2, -0.15) is 0 Å². The Morgan fingerprint density at radius 2 is 1.93 bits per heavy atom. The first-order valence-corrected chi connectivity index (χ1v) is 10.1. The van der Waals surface area contributed by atoms with Crippen molar-refractivity contribution in [2.75, 3.05) is 32.8 Å². The molecule has 154 valence electrons. The van der Waals surface area contributed by atoms with Crippen molar-refractivity contribution >= 4 is 16.9 Å². The molecule has 1 atom stereocenters. The Kier molecular flexibility index (Phi) is 5.74. The van der Waals surface area contributed by atoms with Gasteiger partial charge in [-0.1, -0.05) is 12.1 Å². The van der Waals surface area contributed by atoms with Gasteiger partial charge in [0.15, 0.2) is 0 Å². The molecule has 0 radical (unpaired) electrons. The molecule has 1 aliphatic rings. The fourth-order valence-corrected chi connectivity index (χ4v) is 3.90. The van der Waals surface area contributed by atoms with Crippen molar-refractivity contribution in [2.45, 2.75) is 33.2 Å². The third-order valence-corrected chi connectivity index (χ3v) is 5.76. The van der Waals surface area contributed by atoms with Gasteiger partial charge in [0.05, 0.1) is 31.9 Å². The molecule has 29 heavy (non-hydrogen) atoms. The van der Waals surface area contributed by atoms with Gasteiger partial charge in [-0.15, -0.1) is 0 Å². The summed E-state index contributed by atoms with van der Waals surface area (Å²) in [5, 5.41) is 4.10. The van der Waals surface area contributed by atoms with Gasteiger partial charge in [-0.3, -0.25) is 9.69 Å². The van der Waals surface area contributed by atoms with Crippen molar-refractivity contribution in [3.8, 4) is 0 Å². The quantitative estimate of drug-likeness (QED) is 0.688. The van der Waals surface area contributed by atoms with Crippen LogP contribution >= 0.6 is 0 Å². The van der Waals surface area contributed by atoms with E-state index in [9.17, 15) is 4.79 Å². The van der Waals surface area contributed by atoms with E-state index in [-0.39, 0.29) is 11.9 Å². The van der Waals surface area contributed by atoms with Crippen LogP contribution in [-0.4, -0.2) is 43.7 Å². The molecule has 3 aromatic rings. The number of ether oxygens (including phenoxy) is 1. The Hall–Kier alpha value is -2.57. The molecule has 1 fully saturated rings. The number of furan rings is 2. The van der Waals surface area contributed by atoms with E-state index in [1.165, 1.54) is 5.56 Å². The maximum Gasteiger partial charge on any atom is 0.224 e. The first-order valence-electron chi connectivity index (χ1n) is 10.1. The van der Waals surface area contributed by atoms with Crippen LogP contribution in [0.3, 0.4) is 0 Å². The molecule has 0 spiro atoms. The van der Waals surface area contributed by atoms with Crippen LogP contribution in [0.1, 0.15) is 34.3 Å². The van der Waals surface area contributed by atoms with Crippen LogP contribution < -0.4 is 5.32 Å². The molecule has 4 rings (SSSR count). The van der Waals surface area contributed by atoms with E-state index in [0.29, 0.717) is 26.2 Å². The Labute approximate surface area is 170 Å². The minimum absolute atomic E-state index is 0.00235. The summed E-state index contributed by atoms with van der Waals surface area (Å²) in [4.78, 5) is 15.0. The number of carbonyl (C=O) groups is 1. The van der Waals surface area contributed by atoms with Crippen LogP contribution in [0.25, 0.3) is 11.0 Å². The lowest BCUT2D eigenvalue weighted by Crippen LogP contribution is -2.43.